The molecule has 0 atom stereocenters. The van der Waals surface area contributed by atoms with Gasteiger partial charge in [0.15, 0.2) is 16.2 Å². The molecule has 0 amide bonds. The number of nitrogens with zero attached hydrogens (tertiary/aromatic N) is 3. The van der Waals surface area contributed by atoms with E-state index in [0.29, 0.717) is 26.9 Å². The Morgan fingerprint density at radius 1 is 1.18 bits per heavy atom. The van der Waals surface area contributed by atoms with Gasteiger partial charge in [-0.25, -0.2) is 14.2 Å². The first-order valence-electron chi connectivity index (χ1n) is 8.22. The van der Waals surface area contributed by atoms with Crippen LogP contribution < -0.4 is 4.90 Å². The van der Waals surface area contributed by atoms with E-state index in [4.69, 9.17) is 23.2 Å². The van der Waals surface area contributed by atoms with Gasteiger partial charge in [0, 0.05) is 22.4 Å². The van der Waals surface area contributed by atoms with Gasteiger partial charge < -0.3 is 9.67 Å². The molecule has 0 spiro atoms. The molecule has 146 valence electrons. The second-order valence-corrected chi connectivity index (χ2v) is 7.79. The van der Waals surface area contributed by atoms with Gasteiger partial charge >= 0.3 is 5.97 Å². The van der Waals surface area contributed by atoms with Crippen molar-refractivity contribution in [3.63, 3.8) is 0 Å². The number of benzene rings is 2. The molecule has 0 aliphatic rings. The maximum absolute atomic E-state index is 13.8. The topological polar surface area (TPSA) is 58.4 Å². The summed E-state index contributed by atoms with van der Waals surface area (Å²) in [6.45, 7) is 3.80. The van der Waals surface area contributed by atoms with Crippen molar-refractivity contribution in [2.24, 2.45) is 0 Å². The first-order valence-corrected chi connectivity index (χ1v) is 9.77. The van der Waals surface area contributed by atoms with Crippen LogP contribution in [0.25, 0.3) is 0 Å². The van der Waals surface area contributed by atoms with Crippen LogP contribution in [0, 0.1) is 5.82 Å². The monoisotopic (exact) mass is 485 g/mol. The van der Waals surface area contributed by atoms with Crippen molar-refractivity contribution in [1.82, 2.24) is 9.55 Å². The van der Waals surface area contributed by atoms with Crippen molar-refractivity contribution in [2.75, 3.05) is 4.90 Å². The molecule has 9 heteroatoms. The van der Waals surface area contributed by atoms with E-state index in [0.717, 1.165) is 0 Å². The Morgan fingerprint density at radius 3 is 2.32 bits per heavy atom. The lowest BCUT2D eigenvalue weighted by atomic mass is 10.2. The molecule has 0 bridgehead atoms. The van der Waals surface area contributed by atoms with Gasteiger partial charge in [0.25, 0.3) is 0 Å². The summed E-state index contributed by atoms with van der Waals surface area (Å²) in [5, 5.41) is 10.2. The summed E-state index contributed by atoms with van der Waals surface area (Å²) in [5.41, 5.74) is 0.936. The van der Waals surface area contributed by atoms with Crippen LogP contribution in [0.4, 0.5) is 21.6 Å². The third-order valence-corrected chi connectivity index (χ3v) is 5.12. The maximum atomic E-state index is 13.8. The minimum absolute atomic E-state index is 0.0805. The Hall–Kier alpha value is -2.09. The standard InChI is InChI=1S/C19H15BrCl2FN3O2/c1-10(2)25-17(16(18(27)28)24-19(25)20)26(12-5-3-11(21)4-6-12)13-7-8-15(23)14(22)9-13/h3-10H,1-2H3,(H,27,28). The van der Waals surface area contributed by atoms with E-state index < -0.39 is 11.8 Å². The van der Waals surface area contributed by atoms with Crippen LogP contribution in [-0.4, -0.2) is 20.6 Å². The van der Waals surface area contributed by atoms with E-state index in [-0.39, 0.29) is 16.8 Å². The van der Waals surface area contributed by atoms with Crippen LogP contribution in [0.2, 0.25) is 10.0 Å². The van der Waals surface area contributed by atoms with E-state index >= 15 is 0 Å². The highest BCUT2D eigenvalue weighted by Gasteiger charge is 2.29. The number of carboxylic acid groups (broad SMARTS) is 1. The molecule has 1 N–H and O–H groups in total. The van der Waals surface area contributed by atoms with Crippen LogP contribution in [0.1, 0.15) is 30.4 Å². The third kappa shape index (κ3) is 3.87. The molecule has 1 aromatic heterocycles. The second-order valence-electron chi connectivity index (χ2n) is 6.23. The molecule has 0 fully saturated rings. The molecule has 0 saturated heterocycles. The molecule has 0 radical (unpaired) electrons. The first kappa shape index (κ1) is 20.6. The fraction of sp³-hybridized carbons (Fsp3) is 0.158. The lowest BCUT2D eigenvalue weighted by Crippen LogP contribution is -2.19. The van der Waals surface area contributed by atoms with Gasteiger partial charge in [0.1, 0.15) is 5.82 Å². The Labute approximate surface area is 179 Å². The Morgan fingerprint density at radius 2 is 1.79 bits per heavy atom. The maximum Gasteiger partial charge on any atom is 0.358 e. The zero-order chi connectivity index (χ0) is 20.6. The van der Waals surface area contributed by atoms with Gasteiger partial charge in [-0.1, -0.05) is 23.2 Å². The number of hydrogen-bond acceptors (Lipinski definition) is 3. The Kier molecular flexibility index (Phi) is 5.98. The zero-order valence-electron chi connectivity index (χ0n) is 14.8. The van der Waals surface area contributed by atoms with Crippen molar-refractivity contribution in [1.29, 1.82) is 0 Å². The summed E-state index contributed by atoms with van der Waals surface area (Å²) in [5.74, 6) is -1.46. The quantitative estimate of drug-likeness (QED) is 0.428. The van der Waals surface area contributed by atoms with Crippen LogP contribution >= 0.6 is 39.1 Å². The number of carbonyl (C=O) groups is 1. The summed E-state index contributed by atoms with van der Waals surface area (Å²) in [4.78, 5) is 17.7. The molecule has 1 heterocycles. The van der Waals surface area contributed by atoms with Gasteiger partial charge in [-0.15, -0.1) is 0 Å². The molecule has 0 aliphatic carbocycles. The summed E-state index contributed by atoms with van der Waals surface area (Å²) in [7, 11) is 0. The average molecular weight is 487 g/mol. The Bertz CT molecular complexity index is 1040. The van der Waals surface area contributed by atoms with Gasteiger partial charge in [0.05, 0.1) is 5.02 Å². The number of hydrogen-bond donors (Lipinski definition) is 1. The number of rotatable bonds is 5. The van der Waals surface area contributed by atoms with E-state index in [2.05, 4.69) is 20.9 Å². The number of imidazole rings is 1. The summed E-state index contributed by atoms with van der Waals surface area (Å²) in [6, 6.07) is 10.9. The highest BCUT2D eigenvalue weighted by atomic mass is 79.9. The van der Waals surface area contributed by atoms with Crippen molar-refractivity contribution < 1.29 is 14.3 Å². The summed E-state index contributed by atoms with van der Waals surface area (Å²) in [6.07, 6.45) is 0. The fourth-order valence-electron chi connectivity index (χ4n) is 2.82. The Balaban J connectivity index is 2.36. The minimum atomic E-state index is -1.19. The van der Waals surface area contributed by atoms with Gasteiger partial charge in [-0.3, -0.25) is 4.90 Å². The van der Waals surface area contributed by atoms with E-state index in [1.807, 2.05) is 13.8 Å². The van der Waals surface area contributed by atoms with Crippen molar-refractivity contribution >= 4 is 62.3 Å². The number of aromatic carboxylic acids is 1. The lowest BCUT2D eigenvalue weighted by molar-refractivity contribution is 0.0692. The van der Waals surface area contributed by atoms with E-state index in [9.17, 15) is 14.3 Å². The first-order chi connectivity index (χ1) is 13.2. The minimum Gasteiger partial charge on any atom is -0.476 e. The van der Waals surface area contributed by atoms with Gasteiger partial charge in [0.2, 0.25) is 0 Å². The SMILES string of the molecule is CC(C)n1c(Br)nc(C(=O)O)c1N(c1ccc(Cl)cc1)c1ccc(F)c(Cl)c1. The van der Waals surface area contributed by atoms with Crippen LogP contribution in [0.5, 0.6) is 0 Å². The van der Waals surface area contributed by atoms with E-state index in [1.165, 1.54) is 18.2 Å². The largest absolute Gasteiger partial charge is 0.476 e. The molecule has 2 aromatic carbocycles. The number of carboxylic acids is 1. The molecule has 0 unspecified atom stereocenters. The van der Waals surface area contributed by atoms with E-state index in [1.54, 1.807) is 33.7 Å². The fourth-order valence-corrected chi connectivity index (χ4v) is 3.88. The molecule has 0 saturated carbocycles. The molecule has 5 nitrogen and oxygen atoms in total. The van der Waals surface area contributed by atoms with Crippen molar-refractivity contribution in [3.05, 3.63) is 68.8 Å². The highest BCUT2D eigenvalue weighted by molar-refractivity contribution is 9.10. The molecule has 28 heavy (non-hydrogen) atoms. The highest BCUT2D eigenvalue weighted by Crippen LogP contribution is 2.41. The second kappa shape index (κ2) is 8.11. The van der Waals surface area contributed by atoms with Crippen LogP contribution in [0.3, 0.4) is 0 Å². The van der Waals surface area contributed by atoms with Crippen molar-refractivity contribution in [2.45, 2.75) is 19.9 Å². The molecule has 3 aromatic rings. The summed E-state index contributed by atoms with van der Waals surface area (Å²) < 4.78 is 15.8. The van der Waals surface area contributed by atoms with Crippen molar-refractivity contribution in [3.8, 4) is 0 Å². The van der Waals surface area contributed by atoms with Crippen LogP contribution in [0.15, 0.2) is 47.2 Å². The average Bonchev–Trinajstić information content (AvgIpc) is 2.97. The molecular weight excluding hydrogens is 472 g/mol. The third-order valence-electron chi connectivity index (χ3n) is 4.02. The smallest absolute Gasteiger partial charge is 0.358 e. The molecule has 3 rings (SSSR count). The predicted octanol–water partition coefficient (Wildman–Crippen LogP) is 6.84. The number of anilines is 3. The predicted molar refractivity (Wildman–Crippen MR) is 112 cm³/mol. The molecule has 0 aliphatic heterocycles. The number of halogens is 4. The number of aromatic nitrogens is 2. The zero-order valence-corrected chi connectivity index (χ0v) is 17.9. The normalized spacial score (nSPS) is 11.1. The van der Waals surface area contributed by atoms with Gasteiger partial charge in [-0.2, -0.15) is 0 Å². The van der Waals surface area contributed by atoms with Gasteiger partial charge in [-0.05, 0) is 72.2 Å². The molecular formula is C19H15BrCl2FN3O2. The lowest BCUT2D eigenvalue weighted by Gasteiger charge is -2.28. The van der Waals surface area contributed by atoms with Crippen LogP contribution in [-0.2, 0) is 0 Å². The summed E-state index contributed by atoms with van der Waals surface area (Å²) >= 11 is 15.4.